The van der Waals surface area contributed by atoms with Gasteiger partial charge < -0.3 is 5.32 Å². The minimum Gasteiger partial charge on any atom is -0.305 e. The Kier molecular flexibility index (Phi) is 4.32. The third-order valence-electron chi connectivity index (χ3n) is 4.30. The first-order chi connectivity index (χ1) is 10.3. The average molecular weight is 281 g/mol. The van der Waals surface area contributed by atoms with Crippen molar-refractivity contribution in [2.24, 2.45) is 0 Å². The van der Waals surface area contributed by atoms with E-state index in [1.165, 1.54) is 11.3 Å². The molecular formula is C18H23N3. The Morgan fingerprint density at radius 2 is 1.95 bits per heavy atom. The minimum absolute atomic E-state index is 0.0453. The maximum Gasteiger partial charge on any atom is 0.0535 e. The van der Waals surface area contributed by atoms with E-state index in [4.69, 9.17) is 0 Å². The number of nitrogens with one attached hydrogen (secondary N) is 1. The van der Waals surface area contributed by atoms with Crippen LogP contribution in [0, 0.1) is 0 Å². The van der Waals surface area contributed by atoms with Gasteiger partial charge in [-0.05, 0) is 24.6 Å². The van der Waals surface area contributed by atoms with Gasteiger partial charge in [-0.15, -0.1) is 0 Å². The Hall–Kier alpha value is -1.71. The molecule has 0 amide bonds. The van der Waals surface area contributed by atoms with Crippen LogP contribution in [0.15, 0.2) is 54.7 Å². The van der Waals surface area contributed by atoms with Gasteiger partial charge in [-0.25, -0.2) is 0 Å². The largest absolute Gasteiger partial charge is 0.305 e. The first kappa shape index (κ1) is 14.2. The van der Waals surface area contributed by atoms with E-state index in [0.29, 0.717) is 0 Å². The van der Waals surface area contributed by atoms with Gasteiger partial charge in [0.2, 0.25) is 0 Å². The molecule has 0 bridgehead atoms. The van der Waals surface area contributed by atoms with E-state index in [-0.39, 0.29) is 5.54 Å². The molecule has 1 fully saturated rings. The highest BCUT2D eigenvalue weighted by Gasteiger charge is 2.31. The van der Waals surface area contributed by atoms with Crippen LogP contribution in [0.5, 0.6) is 0 Å². The maximum absolute atomic E-state index is 4.42. The summed E-state index contributed by atoms with van der Waals surface area (Å²) >= 11 is 0. The first-order valence-electron chi connectivity index (χ1n) is 7.69. The number of nitrogens with zero attached hydrogens (tertiary/aromatic N) is 2. The predicted octanol–water partition coefficient (Wildman–Crippen LogP) is 2.44. The van der Waals surface area contributed by atoms with Gasteiger partial charge in [0.1, 0.15) is 0 Å². The molecule has 3 nitrogen and oxygen atoms in total. The molecule has 1 aliphatic heterocycles. The zero-order chi connectivity index (χ0) is 14.5. The van der Waals surface area contributed by atoms with Crippen molar-refractivity contribution in [2.75, 3.05) is 26.2 Å². The van der Waals surface area contributed by atoms with E-state index < -0.39 is 0 Å². The first-order valence-corrected chi connectivity index (χ1v) is 7.69. The maximum atomic E-state index is 4.42. The van der Waals surface area contributed by atoms with Gasteiger partial charge in [0.15, 0.2) is 0 Å². The van der Waals surface area contributed by atoms with Gasteiger partial charge in [-0.3, -0.25) is 9.88 Å². The summed E-state index contributed by atoms with van der Waals surface area (Å²) in [6.07, 6.45) is 2.90. The van der Waals surface area contributed by atoms with Crippen molar-refractivity contribution in [2.45, 2.75) is 18.9 Å². The molecule has 3 heteroatoms. The molecule has 1 aromatic carbocycles. The molecule has 1 saturated heterocycles. The Bertz CT molecular complexity index is 555. The van der Waals surface area contributed by atoms with Crippen molar-refractivity contribution < 1.29 is 0 Å². The average Bonchev–Trinajstić information content (AvgIpc) is 2.55. The smallest absolute Gasteiger partial charge is 0.0535 e. The van der Waals surface area contributed by atoms with Crippen molar-refractivity contribution in [3.8, 4) is 0 Å². The highest BCUT2D eigenvalue weighted by atomic mass is 15.2. The SMILES string of the molecule is CC1(c2ccccc2)CN(CCc2ccccn2)CCN1. The van der Waals surface area contributed by atoms with Gasteiger partial charge in [0.25, 0.3) is 0 Å². The van der Waals surface area contributed by atoms with Crippen LogP contribution in [-0.4, -0.2) is 36.1 Å². The number of hydrogen-bond donors (Lipinski definition) is 1. The van der Waals surface area contributed by atoms with E-state index in [0.717, 1.165) is 32.6 Å². The van der Waals surface area contributed by atoms with Crippen LogP contribution < -0.4 is 5.32 Å². The molecule has 0 saturated carbocycles. The summed E-state index contributed by atoms with van der Waals surface area (Å²) in [6.45, 7) is 6.56. The quantitative estimate of drug-likeness (QED) is 0.933. The summed E-state index contributed by atoms with van der Waals surface area (Å²) in [5, 5.41) is 3.68. The molecule has 3 rings (SSSR count). The van der Waals surface area contributed by atoms with Gasteiger partial charge in [0.05, 0.1) is 5.54 Å². The highest BCUT2D eigenvalue weighted by molar-refractivity contribution is 5.24. The van der Waals surface area contributed by atoms with Crippen molar-refractivity contribution in [1.82, 2.24) is 15.2 Å². The second-order valence-corrected chi connectivity index (χ2v) is 5.97. The second-order valence-electron chi connectivity index (χ2n) is 5.97. The molecule has 1 aliphatic rings. The van der Waals surface area contributed by atoms with Crippen LogP contribution >= 0.6 is 0 Å². The number of aromatic nitrogens is 1. The standard InChI is InChI=1S/C18H23N3/c1-18(16-7-3-2-4-8-16)15-21(14-12-20-18)13-10-17-9-5-6-11-19-17/h2-9,11,20H,10,12-15H2,1H3. The zero-order valence-electron chi connectivity index (χ0n) is 12.6. The topological polar surface area (TPSA) is 28.2 Å². The minimum atomic E-state index is 0.0453. The molecule has 2 heterocycles. The molecule has 21 heavy (non-hydrogen) atoms. The molecule has 1 atom stereocenters. The predicted molar refractivity (Wildman–Crippen MR) is 86.2 cm³/mol. The van der Waals surface area contributed by atoms with Crippen molar-refractivity contribution in [3.63, 3.8) is 0 Å². The van der Waals surface area contributed by atoms with Crippen LogP contribution in [0.3, 0.4) is 0 Å². The third-order valence-corrected chi connectivity index (χ3v) is 4.30. The Balaban J connectivity index is 1.63. The van der Waals surface area contributed by atoms with Gasteiger partial charge in [-0.2, -0.15) is 0 Å². The number of pyridine rings is 1. The number of rotatable bonds is 4. The summed E-state index contributed by atoms with van der Waals surface area (Å²) in [5.41, 5.74) is 2.59. The van der Waals surface area contributed by atoms with Crippen LogP contribution in [0.4, 0.5) is 0 Å². The van der Waals surface area contributed by atoms with Gasteiger partial charge in [0, 0.05) is 44.5 Å². The lowest BCUT2D eigenvalue weighted by atomic mass is 9.89. The Labute approximate surface area is 127 Å². The van der Waals surface area contributed by atoms with Crippen LogP contribution in [0.1, 0.15) is 18.2 Å². The molecule has 0 spiro atoms. The van der Waals surface area contributed by atoms with E-state index in [1.807, 2.05) is 12.3 Å². The molecule has 0 aliphatic carbocycles. The van der Waals surface area contributed by atoms with Crippen LogP contribution in [0.2, 0.25) is 0 Å². The van der Waals surface area contributed by atoms with Crippen molar-refractivity contribution >= 4 is 0 Å². The summed E-state index contributed by atoms with van der Waals surface area (Å²) < 4.78 is 0. The zero-order valence-corrected chi connectivity index (χ0v) is 12.6. The lowest BCUT2D eigenvalue weighted by molar-refractivity contribution is 0.144. The lowest BCUT2D eigenvalue weighted by Gasteiger charge is -2.42. The highest BCUT2D eigenvalue weighted by Crippen LogP contribution is 2.24. The normalized spacial score (nSPS) is 23.1. The molecule has 1 aromatic heterocycles. The fourth-order valence-corrected chi connectivity index (χ4v) is 3.08. The number of benzene rings is 1. The van der Waals surface area contributed by atoms with E-state index in [2.05, 4.69) is 64.6 Å². The molecule has 1 unspecified atom stereocenters. The van der Waals surface area contributed by atoms with Gasteiger partial charge in [-0.1, -0.05) is 36.4 Å². The van der Waals surface area contributed by atoms with Gasteiger partial charge >= 0.3 is 0 Å². The monoisotopic (exact) mass is 281 g/mol. The summed E-state index contributed by atoms with van der Waals surface area (Å²) in [5.74, 6) is 0. The third kappa shape index (κ3) is 3.49. The summed E-state index contributed by atoms with van der Waals surface area (Å²) in [6, 6.07) is 16.9. The molecule has 0 radical (unpaired) electrons. The lowest BCUT2D eigenvalue weighted by Crippen LogP contribution is -2.56. The fraction of sp³-hybridized carbons (Fsp3) is 0.389. The second kappa shape index (κ2) is 6.37. The van der Waals surface area contributed by atoms with Crippen LogP contribution in [0.25, 0.3) is 0 Å². The molecular weight excluding hydrogens is 258 g/mol. The van der Waals surface area contributed by atoms with E-state index in [1.54, 1.807) is 0 Å². The van der Waals surface area contributed by atoms with Crippen LogP contribution in [-0.2, 0) is 12.0 Å². The Morgan fingerprint density at radius 1 is 1.14 bits per heavy atom. The van der Waals surface area contributed by atoms with E-state index >= 15 is 0 Å². The molecule has 110 valence electrons. The number of hydrogen-bond acceptors (Lipinski definition) is 3. The number of piperazine rings is 1. The molecule has 1 N–H and O–H groups in total. The van der Waals surface area contributed by atoms with Crippen molar-refractivity contribution in [1.29, 1.82) is 0 Å². The van der Waals surface area contributed by atoms with Crippen molar-refractivity contribution in [3.05, 3.63) is 66.0 Å². The van der Waals surface area contributed by atoms with E-state index in [9.17, 15) is 0 Å². The Morgan fingerprint density at radius 3 is 2.71 bits per heavy atom. The summed E-state index contributed by atoms with van der Waals surface area (Å²) in [4.78, 5) is 6.96. The summed E-state index contributed by atoms with van der Waals surface area (Å²) in [7, 11) is 0. The molecule has 2 aromatic rings. The fourth-order valence-electron chi connectivity index (χ4n) is 3.08.